The number of hydrogen-bond donors (Lipinski definition) is 1. The number of aliphatic hydroxyl groups is 1. The Hall–Kier alpha value is -1.86. The second kappa shape index (κ2) is 4.57. The molecule has 0 bridgehead atoms. The minimum Gasteiger partial charge on any atom is -0.380 e. The van der Waals surface area contributed by atoms with Crippen LogP contribution < -0.4 is 0 Å². The van der Waals surface area contributed by atoms with Crippen molar-refractivity contribution < 1.29 is 5.11 Å². The van der Waals surface area contributed by atoms with Gasteiger partial charge in [-0.1, -0.05) is 68.1 Å². The third kappa shape index (κ3) is 1.75. The topological polar surface area (TPSA) is 20.2 Å². The van der Waals surface area contributed by atoms with Gasteiger partial charge in [0.05, 0.1) is 0 Å². The van der Waals surface area contributed by atoms with Crippen LogP contribution in [-0.4, -0.2) is 5.11 Å². The van der Waals surface area contributed by atoms with E-state index in [1.165, 1.54) is 11.1 Å². The average molecular weight is 290 g/mol. The van der Waals surface area contributed by atoms with Crippen molar-refractivity contribution in [2.24, 2.45) is 5.92 Å². The van der Waals surface area contributed by atoms with E-state index in [1.807, 2.05) is 12.1 Å². The van der Waals surface area contributed by atoms with Crippen LogP contribution in [0.2, 0.25) is 0 Å². The molecule has 1 heteroatoms. The van der Waals surface area contributed by atoms with Gasteiger partial charge in [0.2, 0.25) is 0 Å². The largest absolute Gasteiger partial charge is 0.380 e. The molecule has 0 aliphatic heterocycles. The SMILES string of the molecule is C=C1CCc2ccccc2[C@@]1(O)[C@@H]1C[C@@]1(C)c1ccccc1. The van der Waals surface area contributed by atoms with Crippen LogP contribution in [0, 0.1) is 5.92 Å². The quantitative estimate of drug-likeness (QED) is 0.815. The highest BCUT2D eigenvalue weighted by molar-refractivity contribution is 5.48. The van der Waals surface area contributed by atoms with E-state index in [0.29, 0.717) is 0 Å². The molecule has 112 valence electrons. The fourth-order valence-electron chi connectivity index (χ4n) is 4.32. The molecule has 2 aromatic carbocycles. The van der Waals surface area contributed by atoms with Crippen molar-refractivity contribution in [2.45, 2.75) is 37.2 Å². The molecule has 1 saturated carbocycles. The summed E-state index contributed by atoms with van der Waals surface area (Å²) in [5.74, 6) is 0.219. The van der Waals surface area contributed by atoms with E-state index >= 15 is 0 Å². The van der Waals surface area contributed by atoms with Gasteiger partial charge in [0.1, 0.15) is 5.60 Å². The zero-order valence-electron chi connectivity index (χ0n) is 13.0. The summed E-state index contributed by atoms with van der Waals surface area (Å²) in [7, 11) is 0. The van der Waals surface area contributed by atoms with Gasteiger partial charge in [-0.2, -0.15) is 0 Å². The van der Waals surface area contributed by atoms with Crippen LogP contribution in [0.3, 0.4) is 0 Å². The summed E-state index contributed by atoms with van der Waals surface area (Å²) in [6.45, 7) is 6.51. The molecule has 2 aliphatic rings. The number of aryl methyl sites for hydroxylation is 1. The third-order valence-corrected chi connectivity index (χ3v) is 5.84. The molecule has 1 nitrogen and oxygen atoms in total. The second-order valence-electron chi connectivity index (χ2n) is 7.07. The molecule has 4 rings (SSSR count). The van der Waals surface area contributed by atoms with Crippen LogP contribution in [0.4, 0.5) is 0 Å². The van der Waals surface area contributed by atoms with Crippen molar-refractivity contribution in [1.29, 1.82) is 0 Å². The van der Waals surface area contributed by atoms with Crippen LogP contribution in [0.1, 0.15) is 36.5 Å². The number of rotatable bonds is 2. The lowest BCUT2D eigenvalue weighted by atomic mass is 9.71. The molecular formula is C21H22O. The minimum atomic E-state index is -0.876. The van der Waals surface area contributed by atoms with Crippen LogP contribution in [0.25, 0.3) is 0 Å². The van der Waals surface area contributed by atoms with E-state index in [2.05, 4.69) is 56.0 Å². The zero-order valence-corrected chi connectivity index (χ0v) is 13.0. The summed E-state index contributed by atoms with van der Waals surface area (Å²) in [5.41, 5.74) is 3.83. The third-order valence-electron chi connectivity index (χ3n) is 5.84. The molecule has 0 unspecified atom stereocenters. The maximum atomic E-state index is 11.6. The van der Waals surface area contributed by atoms with Gasteiger partial charge < -0.3 is 5.11 Å². The summed E-state index contributed by atoms with van der Waals surface area (Å²) < 4.78 is 0. The first-order chi connectivity index (χ1) is 10.6. The van der Waals surface area contributed by atoms with E-state index in [0.717, 1.165) is 30.4 Å². The van der Waals surface area contributed by atoms with Crippen LogP contribution in [0.5, 0.6) is 0 Å². The first-order valence-corrected chi connectivity index (χ1v) is 8.11. The number of hydrogen-bond acceptors (Lipinski definition) is 1. The molecule has 0 aromatic heterocycles. The predicted octanol–water partition coefficient (Wildman–Crippen LogP) is 4.35. The Bertz CT molecular complexity index is 733. The van der Waals surface area contributed by atoms with E-state index in [1.54, 1.807) is 0 Å². The minimum absolute atomic E-state index is 0.0450. The summed E-state index contributed by atoms with van der Waals surface area (Å²) in [5, 5.41) is 11.6. The van der Waals surface area contributed by atoms with E-state index in [4.69, 9.17) is 0 Å². The Morgan fingerprint density at radius 1 is 1.00 bits per heavy atom. The van der Waals surface area contributed by atoms with Gasteiger partial charge in [0.25, 0.3) is 0 Å². The Kier molecular flexibility index (Phi) is 2.86. The lowest BCUT2D eigenvalue weighted by molar-refractivity contribution is 0.0362. The molecule has 1 N–H and O–H groups in total. The van der Waals surface area contributed by atoms with E-state index in [9.17, 15) is 5.11 Å². The summed E-state index contributed by atoms with van der Waals surface area (Å²) in [6.07, 6.45) is 2.89. The van der Waals surface area contributed by atoms with Gasteiger partial charge in [-0.3, -0.25) is 0 Å². The zero-order chi connectivity index (χ0) is 15.4. The van der Waals surface area contributed by atoms with Crippen LogP contribution in [0.15, 0.2) is 66.7 Å². The van der Waals surface area contributed by atoms with E-state index < -0.39 is 5.60 Å². The molecule has 0 heterocycles. The highest BCUT2D eigenvalue weighted by Crippen LogP contribution is 2.64. The Balaban J connectivity index is 1.79. The van der Waals surface area contributed by atoms with Crippen molar-refractivity contribution in [3.05, 3.63) is 83.4 Å². The van der Waals surface area contributed by atoms with Gasteiger partial charge in [-0.05, 0) is 46.9 Å². The Morgan fingerprint density at radius 3 is 2.45 bits per heavy atom. The Labute approximate surface area is 132 Å². The van der Waals surface area contributed by atoms with E-state index in [-0.39, 0.29) is 11.3 Å². The smallest absolute Gasteiger partial charge is 0.114 e. The van der Waals surface area contributed by atoms with Crippen molar-refractivity contribution in [2.75, 3.05) is 0 Å². The maximum absolute atomic E-state index is 11.6. The molecule has 3 atom stereocenters. The number of fused-ring (bicyclic) bond motifs is 1. The lowest BCUT2D eigenvalue weighted by Gasteiger charge is -2.38. The molecule has 22 heavy (non-hydrogen) atoms. The monoisotopic (exact) mass is 290 g/mol. The van der Waals surface area contributed by atoms with Crippen LogP contribution >= 0.6 is 0 Å². The molecule has 0 spiro atoms. The maximum Gasteiger partial charge on any atom is 0.114 e. The molecule has 0 amide bonds. The fraction of sp³-hybridized carbons (Fsp3) is 0.333. The summed E-state index contributed by atoms with van der Waals surface area (Å²) in [6, 6.07) is 18.9. The Morgan fingerprint density at radius 2 is 1.68 bits per heavy atom. The van der Waals surface area contributed by atoms with Gasteiger partial charge in [0, 0.05) is 5.92 Å². The molecule has 1 fully saturated rings. The number of benzene rings is 2. The predicted molar refractivity (Wildman–Crippen MR) is 89.7 cm³/mol. The molecule has 2 aromatic rings. The summed E-state index contributed by atoms with van der Waals surface area (Å²) in [4.78, 5) is 0. The highest BCUT2D eigenvalue weighted by Gasteiger charge is 2.63. The van der Waals surface area contributed by atoms with Crippen molar-refractivity contribution in [3.63, 3.8) is 0 Å². The molecule has 0 saturated heterocycles. The second-order valence-corrected chi connectivity index (χ2v) is 7.07. The molecular weight excluding hydrogens is 268 g/mol. The first-order valence-electron chi connectivity index (χ1n) is 8.11. The highest BCUT2D eigenvalue weighted by atomic mass is 16.3. The van der Waals surface area contributed by atoms with Gasteiger partial charge in [-0.25, -0.2) is 0 Å². The molecule has 0 radical (unpaired) electrons. The van der Waals surface area contributed by atoms with Crippen molar-refractivity contribution in [1.82, 2.24) is 0 Å². The van der Waals surface area contributed by atoms with Crippen molar-refractivity contribution in [3.8, 4) is 0 Å². The fourth-order valence-corrected chi connectivity index (χ4v) is 4.32. The average Bonchev–Trinajstić information content (AvgIpc) is 3.26. The van der Waals surface area contributed by atoms with Gasteiger partial charge in [0.15, 0.2) is 0 Å². The normalized spacial score (nSPS) is 33.4. The van der Waals surface area contributed by atoms with Gasteiger partial charge in [-0.15, -0.1) is 0 Å². The standard InChI is InChI=1S/C21H22O/c1-15-12-13-16-8-6-7-11-18(16)21(15,22)19-14-20(19,2)17-9-4-3-5-10-17/h3-11,19,22H,1,12-14H2,2H3/t19-,20+,21-/m1/s1. The first kappa shape index (κ1) is 13.8. The van der Waals surface area contributed by atoms with Gasteiger partial charge >= 0.3 is 0 Å². The summed E-state index contributed by atoms with van der Waals surface area (Å²) >= 11 is 0. The van der Waals surface area contributed by atoms with Crippen LogP contribution in [-0.2, 0) is 17.4 Å². The lowest BCUT2D eigenvalue weighted by Crippen LogP contribution is -2.37. The molecule has 2 aliphatic carbocycles. The van der Waals surface area contributed by atoms with Crippen molar-refractivity contribution >= 4 is 0 Å².